The van der Waals surface area contributed by atoms with E-state index < -0.39 is 11.5 Å². The highest BCUT2D eigenvalue weighted by atomic mass is 16.6. The molecule has 0 bridgehead atoms. The van der Waals surface area contributed by atoms with Gasteiger partial charge in [0.2, 0.25) is 0 Å². The maximum atomic E-state index is 13.1. The van der Waals surface area contributed by atoms with Gasteiger partial charge in [-0.05, 0) is 68.5 Å². The minimum atomic E-state index is -0.610. The molecule has 0 spiro atoms. The molecule has 0 saturated heterocycles. The summed E-state index contributed by atoms with van der Waals surface area (Å²) in [4.78, 5) is 13.1. The minimum absolute atomic E-state index is 0.0169. The molecule has 1 aromatic carbocycles. The fourth-order valence-electron chi connectivity index (χ4n) is 4.34. The molecule has 7 nitrogen and oxygen atoms in total. The molecule has 0 fully saturated rings. The van der Waals surface area contributed by atoms with Gasteiger partial charge in [-0.15, -0.1) is 0 Å². The largest absolute Gasteiger partial charge is 0.493 e. The maximum absolute atomic E-state index is 13.1. The Hall–Kier alpha value is -3.09. The quantitative estimate of drug-likeness (QED) is 0.664. The molecule has 3 atom stereocenters. The molecule has 174 valence electrons. The molecule has 2 aliphatic rings. The Kier molecular flexibility index (Phi) is 6.77. The van der Waals surface area contributed by atoms with Crippen molar-refractivity contribution in [1.82, 2.24) is 0 Å². The first-order valence-electron chi connectivity index (χ1n) is 10.6. The summed E-state index contributed by atoms with van der Waals surface area (Å²) in [6.45, 7) is 5.55. The van der Waals surface area contributed by atoms with Gasteiger partial charge in [0.15, 0.2) is 23.0 Å². The van der Waals surface area contributed by atoms with E-state index in [4.69, 9.17) is 29.4 Å². The molecule has 3 unspecified atom stereocenters. The van der Waals surface area contributed by atoms with Crippen molar-refractivity contribution in [3.05, 3.63) is 53.1 Å². The van der Waals surface area contributed by atoms with Gasteiger partial charge >= 0.3 is 5.97 Å². The van der Waals surface area contributed by atoms with Crippen molar-refractivity contribution in [2.45, 2.75) is 32.8 Å². The molecule has 0 aromatic heterocycles. The van der Waals surface area contributed by atoms with Crippen molar-refractivity contribution in [3.8, 4) is 11.5 Å². The van der Waals surface area contributed by atoms with E-state index in [-0.39, 0.29) is 17.8 Å². The summed E-state index contributed by atoms with van der Waals surface area (Å²) in [5.41, 5.74) is 8.26. The van der Waals surface area contributed by atoms with Crippen LogP contribution in [-0.4, -0.2) is 40.0 Å². The number of carbonyl (C=O) groups is 1. The van der Waals surface area contributed by atoms with Gasteiger partial charge in [0, 0.05) is 11.6 Å². The second kappa shape index (κ2) is 9.18. The van der Waals surface area contributed by atoms with E-state index in [2.05, 4.69) is 0 Å². The molecule has 0 amide bonds. The van der Waals surface area contributed by atoms with Gasteiger partial charge in [-0.3, -0.25) is 4.79 Å². The van der Waals surface area contributed by atoms with Crippen LogP contribution in [0.3, 0.4) is 0 Å². The number of benzene rings is 1. The Morgan fingerprint density at radius 3 is 2.12 bits per heavy atom. The molecular weight excluding hydrogens is 410 g/mol. The Bertz CT molecular complexity index is 969. The van der Waals surface area contributed by atoms with Crippen LogP contribution in [0, 0.1) is 17.8 Å². The monoisotopic (exact) mass is 443 g/mol. The summed E-state index contributed by atoms with van der Waals surface area (Å²) in [6, 6.07) is 5.64. The van der Waals surface area contributed by atoms with Crippen LogP contribution in [0.1, 0.15) is 32.8 Å². The second-order valence-corrected chi connectivity index (χ2v) is 8.92. The van der Waals surface area contributed by atoms with Crippen LogP contribution in [0.25, 0.3) is 5.57 Å². The van der Waals surface area contributed by atoms with E-state index in [1.54, 1.807) is 28.4 Å². The number of fused-ring (bicyclic) bond motifs is 1. The summed E-state index contributed by atoms with van der Waals surface area (Å²) >= 11 is 0. The lowest BCUT2D eigenvalue weighted by Crippen LogP contribution is -2.38. The van der Waals surface area contributed by atoms with Crippen LogP contribution in [0.5, 0.6) is 11.5 Å². The number of ether oxygens (including phenoxy) is 5. The summed E-state index contributed by atoms with van der Waals surface area (Å²) < 4.78 is 27.7. The molecule has 1 aromatic rings. The molecule has 0 heterocycles. The van der Waals surface area contributed by atoms with E-state index in [1.807, 2.05) is 51.1 Å². The first-order chi connectivity index (χ1) is 15.1. The van der Waals surface area contributed by atoms with Crippen LogP contribution >= 0.6 is 0 Å². The Balaban J connectivity index is 2.17. The van der Waals surface area contributed by atoms with E-state index >= 15 is 0 Å². The Labute approximate surface area is 189 Å². The van der Waals surface area contributed by atoms with Gasteiger partial charge < -0.3 is 29.4 Å². The van der Waals surface area contributed by atoms with Gasteiger partial charge in [-0.2, -0.15) is 0 Å². The zero-order valence-corrected chi connectivity index (χ0v) is 19.9. The number of nitrogens with two attached hydrogens (primary N) is 1. The molecule has 2 aliphatic carbocycles. The normalized spacial score (nSPS) is 22.9. The number of rotatable bonds is 6. The van der Waals surface area contributed by atoms with Crippen LogP contribution in [0.4, 0.5) is 0 Å². The van der Waals surface area contributed by atoms with Crippen molar-refractivity contribution in [2.75, 3.05) is 28.4 Å². The van der Waals surface area contributed by atoms with Crippen molar-refractivity contribution in [2.24, 2.45) is 23.5 Å². The highest BCUT2D eigenvalue weighted by Gasteiger charge is 2.42. The average Bonchev–Trinajstić information content (AvgIpc) is 2.76. The lowest BCUT2D eigenvalue weighted by atomic mass is 9.68. The van der Waals surface area contributed by atoms with Crippen molar-refractivity contribution >= 4 is 11.5 Å². The number of allylic oxidation sites excluding steroid dienone is 3. The summed E-state index contributed by atoms with van der Waals surface area (Å²) in [5, 5.41) is 0. The highest BCUT2D eigenvalue weighted by Crippen LogP contribution is 2.48. The SMILES string of the molecule is COC1=CC2CC(C(=O)OC(C)(C)C)C(N)=C(c3ccc(OC)c(OC)c3)C2C=C1OC. The summed E-state index contributed by atoms with van der Waals surface area (Å²) in [6.07, 6.45) is 4.53. The maximum Gasteiger partial charge on any atom is 0.315 e. The van der Waals surface area contributed by atoms with Crippen molar-refractivity contribution < 1.29 is 28.5 Å². The third-order valence-corrected chi connectivity index (χ3v) is 5.75. The van der Waals surface area contributed by atoms with Gasteiger partial charge in [0.1, 0.15) is 5.60 Å². The lowest BCUT2D eigenvalue weighted by Gasteiger charge is -2.38. The van der Waals surface area contributed by atoms with Crippen molar-refractivity contribution in [3.63, 3.8) is 0 Å². The van der Waals surface area contributed by atoms with Crippen LogP contribution < -0.4 is 15.2 Å². The molecule has 0 saturated carbocycles. The number of esters is 1. The van der Waals surface area contributed by atoms with Gasteiger partial charge in [0.05, 0.1) is 34.4 Å². The standard InChI is InChI=1S/C25H33NO6/c1-25(2,3)32-24(27)17-10-15-12-20(30-6)21(31-7)13-16(15)22(23(17)26)14-8-9-18(28-4)19(11-14)29-5/h8-9,11-13,15-17H,10,26H2,1-7H3. The molecule has 7 heteroatoms. The predicted octanol–water partition coefficient (Wildman–Crippen LogP) is 4.04. The third kappa shape index (κ3) is 4.56. The molecular formula is C25H33NO6. The van der Waals surface area contributed by atoms with Crippen molar-refractivity contribution in [1.29, 1.82) is 0 Å². The smallest absolute Gasteiger partial charge is 0.315 e. The number of carbonyl (C=O) groups excluding carboxylic acids is 1. The first-order valence-corrected chi connectivity index (χ1v) is 10.6. The second-order valence-electron chi connectivity index (χ2n) is 8.92. The Morgan fingerprint density at radius 2 is 1.56 bits per heavy atom. The van der Waals surface area contributed by atoms with E-state index in [9.17, 15) is 4.79 Å². The topological polar surface area (TPSA) is 89.2 Å². The molecule has 3 rings (SSSR count). The fourth-order valence-corrected chi connectivity index (χ4v) is 4.34. The summed E-state index contributed by atoms with van der Waals surface area (Å²) in [7, 11) is 6.39. The van der Waals surface area contributed by atoms with E-state index in [0.29, 0.717) is 35.1 Å². The van der Waals surface area contributed by atoms with Gasteiger partial charge in [0.25, 0.3) is 0 Å². The zero-order valence-electron chi connectivity index (χ0n) is 19.9. The van der Waals surface area contributed by atoms with Gasteiger partial charge in [-0.1, -0.05) is 6.07 Å². The number of methoxy groups -OCH3 is 4. The molecule has 0 aliphatic heterocycles. The first kappa shape index (κ1) is 23.6. The third-order valence-electron chi connectivity index (χ3n) is 5.75. The van der Waals surface area contributed by atoms with Crippen LogP contribution in [-0.2, 0) is 19.0 Å². The average molecular weight is 444 g/mol. The summed E-state index contributed by atoms with van der Waals surface area (Å²) in [5.74, 6) is 1.45. The lowest BCUT2D eigenvalue weighted by molar-refractivity contribution is -0.159. The molecule has 0 radical (unpaired) electrons. The Morgan fingerprint density at radius 1 is 0.938 bits per heavy atom. The zero-order chi connectivity index (χ0) is 23.6. The van der Waals surface area contributed by atoms with E-state index in [1.165, 1.54) is 0 Å². The minimum Gasteiger partial charge on any atom is -0.493 e. The molecule has 2 N–H and O–H groups in total. The fraction of sp³-hybridized carbons (Fsp3) is 0.480. The predicted molar refractivity (Wildman–Crippen MR) is 122 cm³/mol. The van der Waals surface area contributed by atoms with E-state index in [0.717, 1.165) is 11.1 Å². The number of hydrogen-bond acceptors (Lipinski definition) is 7. The number of hydrogen-bond donors (Lipinski definition) is 1. The van der Waals surface area contributed by atoms with Crippen LogP contribution in [0.15, 0.2) is 47.6 Å². The van der Waals surface area contributed by atoms with Gasteiger partial charge in [-0.25, -0.2) is 0 Å². The highest BCUT2D eigenvalue weighted by molar-refractivity contribution is 5.84. The van der Waals surface area contributed by atoms with Crippen LogP contribution in [0.2, 0.25) is 0 Å². The molecule has 32 heavy (non-hydrogen) atoms.